The Balaban J connectivity index is 2.73. The molecular weight excluding hydrogens is 218 g/mol. The van der Waals surface area contributed by atoms with Gasteiger partial charge >= 0.3 is 6.09 Å². The van der Waals surface area contributed by atoms with Crippen LogP contribution >= 0.6 is 0 Å². The molecule has 0 bridgehead atoms. The van der Waals surface area contributed by atoms with Crippen LogP contribution in [-0.2, 0) is 9.53 Å². The van der Waals surface area contributed by atoms with Crippen molar-refractivity contribution in [1.29, 1.82) is 0 Å². The predicted octanol–water partition coefficient (Wildman–Crippen LogP) is 2.61. The first-order valence-corrected chi connectivity index (χ1v) is 6.22. The van der Waals surface area contributed by atoms with E-state index in [9.17, 15) is 9.59 Å². The second-order valence-electron chi connectivity index (χ2n) is 5.98. The molecule has 1 atom stereocenters. The summed E-state index contributed by atoms with van der Waals surface area (Å²) in [6, 6.07) is -0.0221. The average molecular weight is 241 g/mol. The highest BCUT2D eigenvalue weighted by Crippen LogP contribution is 2.23. The van der Waals surface area contributed by atoms with Crippen molar-refractivity contribution in [3.63, 3.8) is 0 Å². The van der Waals surface area contributed by atoms with Gasteiger partial charge in [0.1, 0.15) is 11.4 Å². The second kappa shape index (κ2) is 5.07. The van der Waals surface area contributed by atoms with E-state index in [2.05, 4.69) is 0 Å². The van der Waals surface area contributed by atoms with Gasteiger partial charge in [0.25, 0.3) is 0 Å². The van der Waals surface area contributed by atoms with Gasteiger partial charge in [-0.3, -0.25) is 4.79 Å². The lowest BCUT2D eigenvalue weighted by Crippen LogP contribution is -2.50. The molecule has 1 aliphatic heterocycles. The fourth-order valence-electron chi connectivity index (χ4n) is 2.00. The molecule has 4 nitrogen and oxygen atoms in total. The fourth-order valence-corrected chi connectivity index (χ4v) is 2.00. The summed E-state index contributed by atoms with van der Waals surface area (Å²) in [5.74, 6) is 0.510. The standard InChI is InChI=1S/C13H23NO3/c1-9(2)11-8-10(15)6-7-14(11)12(16)17-13(3,4)5/h9,11H,6-8H2,1-5H3/t11-/m0/s1. The van der Waals surface area contributed by atoms with Gasteiger partial charge in [0, 0.05) is 25.4 Å². The van der Waals surface area contributed by atoms with Crippen LogP contribution in [0.15, 0.2) is 0 Å². The van der Waals surface area contributed by atoms with Gasteiger partial charge < -0.3 is 9.64 Å². The van der Waals surface area contributed by atoms with E-state index in [0.717, 1.165) is 0 Å². The number of ketones is 1. The number of nitrogens with zero attached hydrogens (tertiary/aromatic N) is 1. The highest BCUT2D eigenvalue weighted by atomic mass is 16.6. The molecule has 0 aromatic heterocycles. The van der Waals surface area contributed by atoms with Crippen LogP contribution in [0.5, 0.6) is 0 Å². The number of piperidine rings is 1. The highest BCUT2D eigenvalue weighted by Gasteiger charge is 2.34. The maximum atomic E-state index is 12.0. The Hall–Kier alpha value is -1.06. The number of Topliss-reactive ketones (excluding diaryl/α,β-unsaturated/α-hetero) is 1. The van der Waals surface area contributed by atoms with Crippen LogP contribution in [0.3, 0.4) is 0 Å². The summed E-state index contributed by atoms with van der Waals surface area (Å²) in [6.45, 7) is 10.1. The van der Waals surface area contributed by atoms with E-state index in [1.54, 1.807) is 4.90 Å². The Labute approximate surface area is 103 Å². The number of hydrogen-bond acceptors (Lipinski definition) is 3. The second-order valence-corrected chi connectivity index (χ2v) is 5.98. The normalized spacial score (nSPS) is 21.9. The topological polar surface area (TPSA) is 46.6 Å². The number of likely N-dealkylation sites (tertiary alicyclic amines) is 1. The molecule has 1 heterocycles. The average Bonchev–Trinajstić information content (AvgIpc) is 2.14. The maximum Gasteiger partial charge on any atom is 0.410 e. The third-order valence-corrected chi connectivity index (χ3v) is 2.87. The van der Waals surface area contributed by atoms with Gasteiger partial charge in [-0.25, -0.2) is 4.79 Å². The van der Waals surface area contributed by atoms with Gasteiger partial charge in [0.05, 0.1) is 0 Å². The minimum absolute atomic E-state index is 0.0221. The molecule has 1 aliphatic rings. The van der Waals surface area contributed by atoms with Crippen LogP contribution in [-0.4, -0.2) is 35.0 Å². The van der Waals surface area contributed by atoms with E-state index >= 15 is 0 Å². The van der Waals surface area contributed by atoms with E-state index in [1.807, 2.05) is 34.6 Å². The zero-order chi connectivity index (χ0) is 13.2. The summed E-state index contributed by atoms with van der Waals surface area (Å²) in [5, 5.41) is 0. The van der Waals surface area contributed by atoms with E-state index in [-0.39, 0.29) is 23.8 Å². The fraction of sp³-hybridized carbons (Fsp3) is 0.846. The summed E-state index contributed by atoms with van der Waals surface area (Å²) in [5.41, 5.74) is -0.486. The van der Waals surface area contributed by atoms with E-state index in [1.165, 1.54) is 0 Å². The van der Waals surface area contributed by atoms with Gasteiger partial charge in [-0.15, -0.1) is 0 Å². The monoisotopic (exact) mass is 241 g/mol. The molecule has 17 heavy (non-hydrogen) atoms. The minimum atomic E-state index is -0.486. The molecule has 4 heteroatoms. The molecule has 1 saturated heterocycles. The van der Waals surface area contributed by atoms with Gasteiger partial charge in [-0.1, -0.05) is 13.8 Å². The molecule has 0 spiro atoms. The molecule has 0 saturated carbocycles. The molecule has 0 unspecified atom stereocenters. The van der Waals surface area contributed by atoms with E-state index in [4.69, 9.17) is 4.74 Å². The SMILES string of the molecule is CC(C)[C@@H]1CC(=O)CCN1C(=O)OC(C)(C)C. The van der Waals surface area contributed by atoms with Crippen molar-refractivity contribution in [3.05, 3.63) is 0 Å². The lowest BCUT2D eigenvalue weighted by Gasteiger charge is -2.38. The molecule has 0 N–H and O–H groups in total. The maximum absolute atomic E-state index is 12.0. The molecule has 0 radical (unpaired) electrons. The number of carbonyl (C=O) groups excluding carboxylic acids is 2. The number of ether oxygens (including phenoxy) is 1. The van der Waals surface area contributed by atoms with Crippen LogP contribution in [0.25, 0.3) is 0 Å². The number of hydrogen-bond donors (Lipinski definition) is 0. The van der Waals surface area contributed by atoms with E-state index < -0.39 is 5.60 Å². The molecule has 1 rings (SSSR count). The zero-order valence-corrected chi connectivity index (χ0v) is 11.4. The summed E-state index contributed by atoms with van der Waals surface area (Å²) in [4.78, 5) is 25.2. The van der Waals surface area contributed by atoms with Crippen molar-refractivity contribution in [3.8, 4) is 0 Å². The van der Waals surface area contributed by atoms with Crippen molar-refractivity contribution in [2.24, 2.45) is 5.92 Å². The minimum Gasteiger partial charge on any atom is -0.444 e. The van der Waals surface area contributed by atoms with Crippen molar-refractivity contribution in [1.82, 2.24) is 4.90 Å². The number of rotatable bonds is 1. The first-order valence-electron chi connectivity index (χ1n) is 6.22. The van der Waals surface area contributed by atoms with Crippen molar-refractivity contribution >= 4 is 11.9 Å². The Bertz CT molecular complexity index is 304. The van der Waals surface area contributed by atoms with Crippen LogP contribution in [0.4, 0.5) is 4.79 Å². The Morgan fingerprint density at radius 2 is 2.00 bits per heavy atom. The first kappa shape index (κ1) is 14.0. The number of carbonyl (C=O) groups is 2. The summed E-state index contributed by atoms with van der Waals surface area (Å²) < 4.78 is 5.37. The Morgan fingerprint density at radius 1 is 1.41 bits per heavy atom. The van der Waals surface area contributed by atoms with Crippen molar-refractivity contribution in [2.45, 2.75) is 59.1 Å². The van der Waals surface area contributed by atoms with Gasteiger partial charge in [0.2, 0.25) is 0 Å². The third-order valence-electron chi connectivity index (χ3n) is 2.87. The summed E-state index contributed by atoms with van der Waals surface area (Å²) >= 11 is 0. The van der Waals surface area contributed by atoms with Crippen LogP contribution in [0, 0.1) is 5.92 Å². The molecule has 1 amide bonds. The van der Waals surface area contributed by atoms with Gasteiger partial charge in [-0.05, 0) is 26.7 Å². The molecule has 0 aromatic rings. The van der Waals surface area contributed by atoms with Crippen LogP contribution in [0.1, 0.15) is 47.5 Å². The largest absolute Gasteiger partial charge is 0.444 e. The Kier molecular flexibility index (Phi) is 4.17. The van der Waals surface area contributed by atoms with Crippen LogP contribution < -0.4 is 0 Å². The van der Waals surface area contributed by atoms with Crippen molar-refractivity contribution < 1.29 is 14.3 Å². The quantitative estimate of drug-likeness (QED) is 0.709. The molecular formula is C13H23NO3. The summed E-state index contributed by atoms with van der Waals surface area (Å²) in [7, 11) is 0. The molecule has 98 valence electrons. The summed E-state index contributed by atoms with van der Waals surface area (Å²) in [6.07, 6.45) is 0.600. The molecule has 1 fully saturated rings. The van der Waals surface area contributed by atoms with Crippen LogP contribution in [0.2, 0.25) is 0 Å². The van der Waals surface area contributed by atoms with Crippen molar-refractivity contribution in [2.75, 3.05) is 6.54 Å². The number of amides is 1. The first-order chi connectivity index (χ1) is 7.70. The molecule has 0 aromatic carbocycles. The Morgan fingerprint density at radius 3 is 2.47 bits per heavy atom. The lowest BCUT2D eigenvalue weighted by molar-refractivity contribution is -0.123. The van der Waals surface area contributed by atoms with E-state index in [0.29, 0.717) is 19.4 Å². The predicted molar refractivity (Wildman–Crippen MR) is 65.8 cm³/mol. The smallest absolute Gasteiger partial charge is 0.410 e. The molecule has 0 aliphatic carbocycles. The van der Waals surface area contributed by atoms with Gasteiger partial charge in [0.15, 0.2) is 0 Å². The van der Waals surface area contributed by atoms with Gasteiger partial charge in [-0.2, -0.15) is 0 Å². The lowest BCUT2D eigenvalue weighted by atomic mass is 9.92. The third kappa shape index (κ3) is 4.02. The zero-order valence-electron chi connectivity index (χ0n) is 11.4. The highest BCUT2D eigenvalue weighted by molar-refractivity contribution is 5.82.